The van der Waals surface area contributed by atoms with Crippen molar-refractivity contribution in [1.29, 1.82) is 0 Å². The maximum absolute atomic E-state index is 13.6. The fourth-order valence-corrected chi connectivity index (χ4v) is 2.40. The van der Waals surface area contributed by atoms with E-state index in [9.17, 15) is 14.0 Å². The molecule has 0 radical (unpaired) electrons. The van der Waals surface area contributed by atoms with E-state index in [-0.39, 0.29) is 23.6 Å². The van der Waals surface area contributed by atoms with Gasteiger partial charge in [-0.1, -0.05) is 30.3 Å². The highest BCUT2D eigenvalue weighted by atomic mass is 19.1. The second-order valence-electron chi connectivity index (χ2n) is 5.99. The second-order valence-corrected chi connectivity index (χ2v) is 5.99. The van der Waals surface area contributed by atoms with Crippen LogP contribution in [-0.2, 0) is 4.79 Å². The lowest BCUT2D eigenvalue weighted by atomic mass is 10.2. The van der Waals surface area contributed by atoms with Gasteiger partial charge in [-0.3, -0.25) is 9.59 Å². The van der Waals surface area contributed by atoms with Crippen molar-refractivity contribution in [2.75, 3.05) is 17.2 Å². The highest BCUT2D eigenvalue weighted by Crippen LogP contribution is 2.20. The summed E-state index contributed by atoms with van der Waals surface area (Å²) in [6.45, 7) is 1.52. The third-order valence-corrected chi connectivity index (χ3v) is 3.79. The summed E-state index contributed by atoms with van der Waals surface area (Å²) in [4.78, 5) is 28.7. The lowest BCUT2D eigenvalue weighted by Crippen LogP contribution is -2.22. The molecule has 0 unspecified atom stereocenters. The number of carbonyl (C=O) groups excluding carboxylic acids is 2. The molecule has 6 nitrogen and oxygen atoms in total. The molecule has 0 aliphatic heterocycles. The Morgan fingerprint density at radius 3 is 2.50 bits per heavy atom. The molecule has 2 N–H and O–H groups in total. The Labute approximate surface area is 161 Å². The molecule has 0 bridgehead atoms. The summed E-state index contributed by atoms with van der Waals surface area (Å²) in [7, 11) is 0. The number of rotatable bonds is 6. The van der Waals surface area contributed by atoms with Crippen LogP contribution in [0, 0.1) is 12.7 Å². The smallest absolute Gasteiger partial charge is 0.262 e. The van der Waals surface area contributed by atoms with Crippen molar-refractivity contribution in [1.82, 2.24) is 4.98 Å². The first kappa shape index (κ1) is 19.0. The van der Waals surface area contributed by atoms with Crippen molar-refractivity contribution in [3.8, 4) is 5.75 Å². The van der Waals surface area contributed by atoms with E-state index in [2.05, 4.69) is 15.6 Å². The average molecular weight is 379 g/mol. The zero-order chi connectivity index (χ0) is 19.9. The average Bonchev–Trinajstić information content (AvgIpc) is 2.70. The number of benzene rings is 2. The minimum atomic E-state index is -0.541. The van der Waals surface area contributed by atoms with Crippen LogP contribution in [0.3, 0.4) is 0 Å². The summed E-state index contributed by atoms with van der Waals surface area (Å²) in [5, 5.41) is 5.11. The normalized spacial score (nSPS) is 10.2. The number of ether oxygens (including phenoxy) is 1. The van der Waals surface area contributed by atoms with Crippen LogP contribution in [0.25, 0.3) is 0 Å². The van der Waals surface area contributed by atoms with Crippen LogP contribution in [0.1, 0.15) is 15.9 Å². The van der Waals surface area contributed by atoms with Crippen molar-refractivity contribution in [2.24, 2.45) is 0 Å². The van der Waals surface area contributed by atoms with Crippen LogP contribution in [0.4, 0.5) is 15.9 Å². The molecule has 0 atom stereocenters. The van der Waals surface area contributed by atoms with Gasteiger partial charge in [-0.15, -0.1) is 0 Å². The number of carbonyl (C=O) groups is 2. The first-order valence-electron chi connectivity index (χ1n) is 8.53. The van der Waals surface area contributed by atoms with Crippen LogP contribution < -0.4 is 15.4 Å². The predicted molar refractivity (Wildman–Crippen MR) is 104 cm³/mol. The monoisotopic (exact) mass is 379 g/mol. The predicted octanol–water partition coefficient (Wildman–Crippen LogP) is 3.80. The zero-order valence-corrected chi connectivity index (χ0v) is 15.1. The molecule has 0 saturated carbocycles. The second kappa shape index (κ2) is 8.77. The summed E-state index contributed by atoms with van der Waals surface area (Å²) < 4.78 is 19.1. The Morgan fingerprint density at radius 2 is 1.75 bits per heavy atom. The third-order valence-electron chi connectivity index (χ3n) is 3.79. The van der Waals surface area contributed by atoms with Gasteiger partial charge in [-0.05, 0) is 42.8 Å². The van der Waals surface area contributed by atoms with E-state index >= 15 is 0 Å². The highest BCUT2D eigenvalue weighted by Gasteiger charge is 2.14. The molecule has 2 amide bonds. The molecule has 3 aromatic rings. The van der Waals surface area contributed by atoms with Gasteiger partial charge in [0, 0.05) is 6.20 Å². The Hall–Kier alpha value is -3.74. The van der Waals surface area contributed by atoms with Crippen LogP contribution in [0.2, 0.25) is 0 Å². The topological polar surface area (TPSA) is 80.3 Å². The van der Waals surface area contributed by atoms with E-state index in [4.69, 9.17) is 4.74 Å². The first-order chi connectivity index (χ1) is 13.5. The fraction of sp³-hybridized carbons (Fsp3) is 0.0952. The molecule has 2 aromatic carbocycles. The largest absolute Gasteiger partial charge is 0.483 e. The minimum absolute atomic E-state index is 0.0626. The number of para-hydroxylation sites is 2. The molecule has 1 aromatic heterocycles. The molecule has 0 fully saturated rings. The quantitative estimate of drug-likeness (QED) is 0.683. The Morgan fingerprint density at radius 1 is 1.00 bits per heavy atom. The minimum Gasteiger partial charge on any atom is -0.483 e. The van der Waals surface area contributed by atoms with Crippen molar-refractivity contribution >= 4 is 23.3 Å². The van der Waals surface area contributed by atoms with Crippen LogP contribution in [0.15, 0.2) is 66.9 Å². The number of pyridine rings is 1. The zero-order valence-electron chi connectivity index (χ0n) is 15.1. The molecular formula is C21H18FN3O3. The molecule has 28 heavy (non-hydrogen) atoms. The summed E-state index contributed by atoms with van der Waals surface area (Å²) in [6.07, 6.45) is 1.64. The maximum atomic E-state index is 13.6. The van der Waals surface area contributed by atoms with Gasteiger partial charge in [0.15, 0.2) is 6.61 Å². The van der Waals surface area contributed by atoms with Gasteiger partial charge in [-0.2, -0.15) is 0 Å². The van der Waals surface area contributed by atoms with E-state index in [1.807, 2.05) is 13.0 Å². The van der Waals surface area contributed by atoms with E-state index in [0.29, 0.717) is 5.82 Å². The van der Waals surface area contributed by atoms with E-state index in [1.165, 1.54) is 18.2 Å². The van der Waals surface area contributed by atoms with E-state index < -0.39 is 17.6 Å². The fourth-order valence-electron chi connectivity index (χ4n) is 2.40. The lowest BCUT2D eigenvalue weighted by molar-refractivity contribution is -0.118. The van der Waals surface area contributed by atoms with Gasteiger partial charge in [0.1, 0.15) is 17.4 Å². The van der Waals surface area contributed by atoms with Crippen LogP contribution in [0.5, 0.6) is 5.75 Å². The third kappa shape index (κ3) is 4.91. The highest BCUT2D eigenvalue weighted by molar-refractivity contribution is 6.05. The van der Waals surface area contributed by atoms with Gasteiger partial charge in [0.05, 0.1) is 11.3 Å². The Bertz CT molecular complexity index is 990. The van der Waals surface area contributed by atoms with E-state index in [0.717, 1.165) is 5.56 Å². The van der Waals surface area contributed by atoms with Gasteiger partial charge in [0.25, 0.3) is 11.8 Å². The molecule has 3 rings (SSSR count). The van der Waals surface area contributed by atoms with Crippen molar-refractivity contribution in [2.45, 2.75) is 6.92 Å². The first-order valence-corrected chi connectivity index (χ1v) is 8.53. The Balaban J connectivity index is 1.65. The van der Waals surface area contributed by atoms with Gasteiger partial charge in [-0.25, -0.2) is 9.37 Å². The Kier molecular flexibility index (Phi) is 5.96. The van der Waals surface area contributed by atoms with Crippen molar-refractivity contribution < 1.29 is 18.7 Å². The summed E-state index contributed by atoms with van der Waals surface area (Å²) in [6, 6.07) is 15.9. The summed E-state index contributed by atoms with van der Waals surface area (Å²) in [5.74, 6) is -0.860. The van der Waals surface area contributed by atoms with Crippen molar-refractivity contribution in [3.63, 3.8) is 0 Å². The number of anilines is 2. The summed E-state index contributed by atoms with van der Waals surface area (Å²) >= 11 is 0. The number of hydrogen-bond donors (Lipinski definition) is 2. The molecule has 1 heterocycles. The van der Waals surface area contributed by atoms with Crippen LogP contribution >= 0.6 is 0 Å². The summed E-state index contributed by atoms with van der Waals surface area (Å²) in [5.41, 5.74) is 1.29. The molecule has 0 aliphatic carbocycles. The molecule has 0 saturated heterocycles. The number of halogens is 1. The van der Waals surface area contributed by atoms with Gasteiger partial charge < -0.3 is 15.4 Å². The number of nitrogens with zero attached hydrogens (tertiary/aromatic N) is 1. The lowest BCUT2D eigenvalue weighted by Gasteiger charge is -2.12. The molecule has 7 heteroatoms. The van der Waals surface area contributed by atoms with E-state index in [1.54, 1.807) is 42.6 Å². The number of amides is 2. The standard InChI is InChI=1S/C21H18FN3O3/c1-14-10-11-19(23-12-14)25-21(27)15-6-2-5-9-18(15)28-13-20(26)24-17-8-4-3-7-16(17)22/h2-12H,13H2,1H3,(H,24,26)(H,23,25,27). The number of hydrogen-bond acceptors (Lipinski definition) is 4. The molecule has 142 valence electrons. The number of nitrogens with one attached hydrogen (secondary N) is 2. The maximum Gasteiger partial charge on any atom is 0.262 e. The number of aryl methyl sites for hydroxylation is 1. The molecular weight excluding hydrogens is 361 g/mol. The molecule has 0 aliphatic rings. The van der Waals surface area contributed by atoms with Gasteiger partial charge in [0.2, 0.25) is 0 Å². The van der Waals surface area contributed by atoms with Crippen molar-refractivity contribution in [3.05, 3.63) is 83.8 Å². The van der Waals surface area contributed by atoms with Gasteiger partial charge >= 0.3 is 0 Å². The van der Waals surface area contributed by atoms with Crippen LogP contribution in [-0.4, -0.2) is 23.4 Å². The SMILES string of the molecule is Cc1ccc(NC(=O)c2ccccc2OCC(=O)Nc2ccccc2F)nc1. The molecule has 0 spiro atoms. The number of aromatic nitrogens is 1.